The lowest BCUT2D eigenvalue weighted by Gasteiger charge is -2.24. The average molecular weight is 324 g/mol. The van der Waals surface area contributed by atoms with Crippen molar-refractivity contribution in [3.63, 3.8) is 0 Å². The van der Waals surface area contributed by atoms with Crippen LogP contribution in [0.2, 0.25) is 0 Å². The second-order valence-corrected chi connectivity index (χ2v) is 6.56. The number of hydrogen-bond donors (Lipinski definition) is 1. The molecule has 0 aromatic carbocycles. The number of rotatable bonds is 4. The van der Waals surface area contributed by atoms with Crippen LogP contribution in [-0.4, -0.2) is 58.9 Å². The van der Waals surface area contributed by atoms with Crippen LogP contribution in [0.15, 0.2) is 0 Å². The van der Waals surface area contributed by atoms with Crippen LogP contribution in [0.1, 0.15) is 27.2 Å². The molecule has 5 nitrogen and oxygen atoms in total. The first-order valence-electron chi connectivity index (χ1n) is 6.18. The van der Waals surface area contributed by atoms with Gasteiger partial charge in [0.05, 0.1) is 17.5 Å². The van der Waals surface area contributed by atoms with Crippen LogP contribution in [0.25, 0.3) is 0 Å². The van der Waals surface area contributed by atoms with Crippen molar-refractivity contribution >= 4 is 22.0 Å². The standard InChI is InChI=1S/C12H22BrNO4/c1-12(2,3)18-11(16)14-7-9(13)10(8-14)17-6-4-5-15/h9-10,15H,4-8H2,1-3H3. The average Bonchev–Trinajstić information content (AvgIpc) is 2.58. The third kappa shape index (κ3) is 5.12. The van der Waals surface area contributed by atoms with Crippen LogP contribution < -0.4 is 0 Å². The number of halogens is 1. The molecule has 1 fully saturated rings. The zero-order chi connectivity index (χ0) is 13.8. The number of amides is 1. The van der Waals surface area contributed by atoms with Crippen molar-refractivity contribution < 1.29 is 19.4 Å². The number of nitrogens with zero attached hydrogens (tertiary/aromatic N) is 1. The lowest BCUT2D eigenvalue weighted by molar-refractivity contribution is 0.0198. The molecular formula is C12H22BrNO4. The summed E-state index contributed by atoms with van der Waals surface area (Å²) in [7, 11) is 0. The highest BCUT2D eigenvalue weighted by atomic mass is 79.9. The Labute approximate surface area is 117 Å². The first-order valence-corrected chi connectivity index (χ1v) is 7.09. The number of aliphatic hydroxyl groups is 1. The Kier molecular flexibility index (Phi) is 5.88. The fourth-order valence-corrected chi connectivity index (χ4v) is 2.34. The van der Waals surface area contributed by atoms with Gasteiger partial charge in [-0.05, 0) is 27.2 Å². The van der Waals surface area contributed by atoms with E-state index >= 15 is 0 Å². The molecule has 6 heteroatoms. The quantitative estimate of drug-likeness (QED) is 0.632. The first kappa shape index (κ1) is 15.7. The molecule has 0 aromatic rings. The number of ether oxygens (including phenoxy) is 2. The van der Waals surface area contributed by atoms with E-state index in [4.69, 9.17) is 14.6 Å². The van der Waals surface area contributed by atoms with Gasteiger partial charge >= 0.3 is 6.09 Å². The van der Waals surface area contributed by atoms with Crippen LogP contribution in [-0.2, 0) is 9.47 Å². The maximum atomic E-state index is 11.9. The summed E-state index contributed by atoms with van der Waals surface area (Å²) in [6.45, 7) is 7.28. The second-order valence-electron chi connectivity index (χ2n) is 5.39. The molecule has 2 unspecified atom stereocenters. The summed E-state index contributed by atoms with van der Waals surface area (Å²) in [4.78, 5) is 13.6. The summed E-state index contributed by atoms with van der Waals surface area (Å²) in [5, 5.41) is 8.70. The Bertz CT molecular complexity index is 280. The molecule has 18 heavy (non-hydrogen) atoms. The van der Waals surface area contributed by atoms with Gasteiger partial charge in [0.2, 0.25) is 0 Å². The van der Waals surface area contributed by atoms with Gasteiger partial charge in [0.1, 0.15) is 5.60 Å². The lowest BCUT2D eigenvalue weighted by atomic mass is 10.2. The van der Waals surface area contributed by atoms with Gasteiger partial charge < -0.3 is 19.5 Å². The number of hydrogen-bond acceptors (Lipinski definition) is 4. The molecule has 0 saturated carbocycles. The molecule has 1 aliphatic rings. The minimum absolute atomic E-state index is 0.0379. The Morgan fingerprint density at radius 2 is 2.11 bits per heavy atom. The number of aliphatic hydroxyl groups excluding tert-OH is 1. The van der Waals surface area contributed by atoms with Gasteiger partial charge in [0, 0.05) is 19.8 Å². The number of alkyl halides is 1. The van der Waals surface area contributed by atoms with Gasteiger partial charge in [-0.2, -0.15) is 0 Å². The van der Waals surface area contributed by atoms with E-state index in [2.05, 4.69) is 15.9 Å². The van der Waals surface area contributed by atoms with Crippen molar-refractivity contribution in [3.05, 3.63) is 0 Å². The smallest absolute Gasteiger partial charge is 0.410 e. The molecule has 1 amide bonds. The molecular weight excluding hydrogens is 302 g/mol. The van der Waals surface area contributed by atoms with Gasteiger partial charge in [-0.1, -0.05) is 15.9 Å². The fourth-order valence-electron chi connectivity index (χ4n) is 1.67. The topological polar surface area (TPSA) is 59.0 Å². The van der Waals surface area contributed by atoms with Crippen molar-refractivity contribution in [2.24, 2.45) is 0 Å². The summed E-state index contributed by atoms with van der Waals surface area (Å²) in [5.74, 6) is 0. The zero-order valence-electron chi connectivity index (χ0n) is 11.2. The Hall–Kier alpha value is -0.330. The molecule has 1 saturated heterocycles. The summed E-state index contributed by atoms with van der Waals surface area (Å²) < 4.78 is 10.9. The van der Waals surface area contributed by atoms with E-state index in [9.17, 15) is 4.79 Å². The molecule has 0 aromatic heterocycles. The maximum absolute atomic E-state index is 11.9. The van der Waals surface area contributed by atoms with E-state index < -0.39 is 5.60 Å². The Morgan fingerprint density at radius 3 is 2.67 bits per heavy atom. The fraction of sp³-hybridized carbons (Fsp3) is 0.917. The van der Waals surface area contributed by atoms with Crippen molar-refractivity contribution in [2.45, 2.75) is 43.7 Å². The summed E-state index contributed by atoms with van der Waals surface area (Å²) in [5.41, 5.74) is -0.477. The first-order chi connectivity index (χ1) is 8.33. The third-order valence-corrected chi connectivity index (χ3v) is 3.36. The molecule has 1 aliphatic heterocycles. The van der Waals surface area contributed by atoms with E-state index in [-0.39, 0.29) is 23.6 Å². The highest BCUT2D eigenvalue weighted by Gasteiger charge is 2.36. The molecule has 1 heterocycles. The minimum atomic E-state index is -0.477. The predicted octanol–water partition coefficient (Wildman–Crippen LogP) is 1.77. The van der Waals surface area contributed by atoms with Gasteiger partial charge in [-0.3, -0.25) is 0 Å². The maximum Gasteiger partial charge on any atom is 0.410 e. The van der Waals surface area contributed by atoms with E-state index in [1.165, 1.54) is 0 Å². The van der Waals surface area contributed by atoms with Crippen molar-refractivity contribution in [3.8, 4) is 0 Å². The molecule has 2 atom stereocenters. The lowest BCUT2D eigenvalue weighted by Crippen LogP contribution is -2.36. The van der Waals surface area contributed by atoms with E-state index in [1.807, 2.05) is 20.8 Å². The van der Waals surface area contributed by atoms with Crippen LogP contribution in [0.3, 0.4) is 0 Å². The van der Waals surface area contributed by atoms with Gasteiger partial charge in [-0.25, -0.2) is 4.79 Å². The third-order valence-electron chi connectivity index (χ3n) is 2.48. The van der Waals surface area contributed by atoms with Crippen molar-refractivity contribution in [2.75, 3.05) is 26.3 Å². The van der Waals surface area contributed by atoms with E-state index in [0.29, 0.717) is 26.1 Å². The van der Waals surface area contributed by atoms with Gasteiger partial charge in [0.15, 0.2) is 0 Å². The largest absolute Gasteiger partial charge is 0.444 e. The van der Waals surface area contributed by atoms with Crippen LogP contribution in [0, 0.1) is 0 Å². The normalized spacial score (nSPS) is 24.4. The van der Waals surface area contributed by atoms with Crippen molar-refractivity contribution in [1.29, 1.82) is 0 Å². The molecule has 0 radical (unpaired) electrons. The molecule has 1 N–H and O–H groups in total. The van der Waals surface area contributed by atoms with Crippen LogP contribution >= 0.6 is 15.9 Å². The van der Waals surface area contributed by atoms with Gasteiger partial charge in [-0.15, -0.1) is 0 Å². The molecule has 0 spiro atoms. The number of carbonyl (C=O) groups is 1. The monoisotopic (exact) mass is 323 g/mol. The predicted molar refractivity (Wildman–Crippen MR) is 72.0 cm³/mol. The highest BCUT2D eigenvalue weighted by molar-refractivity contribution is 9.09. The Balaban J connectivity index is 2.40. The summed E-state index contributed by atoms with van der Waals surface area (Å²) in [6, 6.07) is 0. The van der Waals surface area contributed by atoms with E-state index in [1.54, 1.807) is 4.90 Å². The zero-order valence-corrected chi connectivity index (χ0v) is 12.8. The van der Waals surface area contributed by atoms with Gasteiger partial charge in [0.25, 0.3) is 0 Å². The SMILES string of the molecule is CC(C)(C)OC(=O)N1CC(Br)C(OCCCO)C1. The number of likely N-dealkylation sites (tertiary alicyclic amines) is 1. The number of carbonyl (C=O) groups excluding carboxylic acids is 1. The highest BCUT2D eigenvalue weighted by Crippen LogP contribution is 2.22. The summed E-state index contributed by atoms with van der Waals surface area (Å²) >= 11 is 3.51. The van der Waals surface area contributed by atoms with Crippen LogP contribution in [0.4, 0.5) is 4.79 Å². The minimum Gasteiger partial charge on any atom is -0.444 e. The van der Waals surface area contributed by atoms with E-state index in [0.717, 1.165) is 0 Å². The molecule has 106 valence electrons. The second kappa shape index (κ2) is 6.73. The molecule has 1 rings (SSSR count). The molecule has 0 bridgehead atoms. The Morgan fingerprint density at radius 1 is 1.44 bits per heavy atom. The van der Waals surface area contributed by atoms with Crippen LogP contribution in [0.5, 0.6) is 0 Å². The molecule has 0 aliphatic carbocycles. The summed E-state index contributed by atoms with van der Waals surface area (Å²) in [6.07, 6.45) is 0.270. The van der Waals surface area contributed by atoms with Crippen molar-refractivity contribution in [1.82, 2.24) is 4.90 Å².